The third-order valence-electron chi connectivity index (χ3n) is 2.27. The summed E-state index contributed by atoms with van der Waals surface area (Å²) in [6.45, 7) is 3.41. The molecule has 0 aliphatic heterocycles. The maximum Gasteiger partial charge on any atom is 0.274 e. The van der Waals surface area contributed by atoms with Crippen LogP contribution in [0.5, 0.6) is 0 Å². The minimum absolute atomic E-state index is 0.203. The number of hydrogen-bond acceptors (Lipinski definition) is 6. The highest BCUT2D eigenvalue weighted by Crippen LogP contribution is 1.99. The molecule has 0 unspecified atom stereocenters. The zero-order chi connectivity index (χ0) is 13.0. The van der Waals surface area contributed by atoms with Crippen LogP contribution in [0.2, 0.25) is 0 Å². The molecule has 0 radical (unpaired) electrons. The number of rotatable bonds is 3. The van der Waals surface area contributed by atoms with E-state index in [4.69, 9.17) is 0 Å². The van der Waals surface area contributed by atoms with E-state index in [9.17, 15) is 4.79 Å². The minimum Gasteiger partial charge on any atom is -0.288 e. The van der Waals surface area contributed by atoms with E-state index in [0.29, 0.717) is 5.69 Å². The molecular formula is C11H12N6O. The summed E-state index contributed by atoms with van der Waals surface area (Å²) < 4.78 is 0. The molecule has 0 saturated heterocycles. The number of aryl methyl sites for hydroxylation is 1. The molecule has 2 rings (SSSR count). The second kappa shape index (κ2) is 5.17. The van der Waals surface area contributed by atoms with Crippen molar-refractivity contribution >= 4 is 11.7 Å². The molecule has 2 aromatic rings. The number of aromatic amines is 1. The predicted molar refractivity (Wildman–Crippen MR) is 67.5 cm³/mol. The summed E-state index contributed by atoms with van der Waals surface area (Å²) >= 11 is 0. The Bertz CT molecular complexity index is 619. The van der Waals surface area contributed by atoms with E-state index < -0.39 is 0 Å². The first-order chi connectivity index (χ1) is 8.66. The van der Waals surface area contributed by atoms with Crippen LogP contribution in [0, 0.1) is 6.92 Å². The van der Waals surface area contributed by atoms with E-state index in [1.807, 2.05) is 19.1 Å². The molecule has 2 N–H and O–H groups in total. The van der Waals surface area contributed by atoms with Crippen molar-refractivity contribution in [1.29, 1.82) is 0 Å². The first-order valence-electron chi connectivity index (χ1n) is 5.31. The molecule has 0 aliphatic carbocycles. The van der Waals surface area contributed by atoms with Crippen LogP contribution in [0.25, 0.3) is 0 Å². The molecule has 0 amide bonds. The van der Waals surface area contributed by atoms with Gasteiger partial charge in [0.05, 0.1) is 5.71 Å². The molecule has 7 nitrogen and oxygen atoms in total. The standard InChI is InChI=1S/C11H12N6O/c1-7(9-4-3-5-12-6-9)14-16-11-13-10(18)8(2)15-17-11/h3-6H,1-2H3,(H2,13,16,17,18). The Morgan fingerprint density at radius 2 is 2.28 bits per heavy atom. The Hall–Kier alpha value is -2.57. The molecular weight excluding hydrogens is 232 g/mol. The average Bonchev–Trinajstić information content (AvgIpc) is 2.41. The third-order valence-corrected chi connectivity index (χ3v) is 2.27. The van der Waals surface area contributed by atoms with Gasteiger partial charge in [-0.05, 0) is 19.9 Å². The van der Waals surface area contributed by atoms with Crippen molar-refractivity contribution in [3.8, 4) is 0 Å². The number of nitrogens with zero attached hydrogens (tertiary/aromatic N) is 4. The SMILES string of the molecule is CC(=NNc1nnc(C)c(=O)[nH]1)c1cccnc1. The summed E-state index contributed by atoms with van der Waals surface area (Å²) in [6, 6.07) is 3.71. The van der Waals surface area contributed by atoms with Crippen molar-refractivity contribution in [2.75, 3.05) is 5.43 Å². The van der Waals surface area contributed by atoms with Gasteiger partial charge in [-0.15, -0.1) is 10.2 Å². The van der Waals surface area contributed by atoms with Gasteiger partial charge in [0.15, 0.2) is 0 Å². The number of anilines is 1. The molecule has 0 bridgehead atoms. The highest BCUT2D eigenvalue weighted by Gasteiger charge is 2.00. The Balaban J connectivity index is 2.15. The van der Waals surface area contributed by atoms with E-state index >= 15 is 0 Å². The van der Waals surface area contributed by atoms with Gasteiger partial charge in [0.2, 0.25) is 5.95 Å². The molecule has 0 fully saturated rings. The van der Waals surface area contributed by atoms with Gasteiger partial charge in [-0.25, -0.2) is 5.43 Å². The van der Waals surface area contributed by atoms with E-state index in [1.54, 1.807) is 19.3 Å². The first-order valence-corrected chi connectivity index (χ1v) is 5.31. The number of pyridine rings is 1. The van der Waals surface area contributed by atoms with Crippen molar-refractivity contribution in [2.24, 2.45) is 5.10 Å². The monoisotopic (exact) mass is 244 g/mol. The van der Waals surface area contributed by atoms with Gasteiger partial charge in [0.25, 0.3) is 5.56 Å². The van der Waals surface area contributed by atoms with Gasteiger partial charge in [0, 0.05) is 18.0 Å². The second-order valence-electron chi connectivity index (χ2n) is 3.64. The van der Waals surface area contributed by atoms with E-state index in [-0.39, 0.29) is 11.5 Å². The summed E-state index contributed by atoms with van der Waals surface area (Å²) in [5.41, 5.74) is 4.28. The molecule has 0 saturated carbocycles. The first kappa shape index (κ1) is 11.9. The molecule has 92 valence electrons. The van der Waals surface area contributed by atoms with Crippen molar-refractivity contribution in [3.05, 3.63) is 46.1 Å². The van der Waals surface area contributed by atoms with Crippen molar-refractivity contribution < 1.29 is 0 Å². The summed E-state index contributed by atoms with van der Waals surface area (Å²) in [7, 11) is 0. The molecule has 0 aliphatic rings. The van der Waals surface area contributed by atoms with Crippen molar-refractivity contribution in [2.45, 2.75) is 13.8 Å². The van der Waals surface area contributed by atoms with E-state index in [1.165, 1.54) is 0 Å². The zero-order valence-corrected chi connectivity index (χ0v) is 10.0. The lowest BCUT2D eigenvalue weighted by molar-refractivity contribution is 0.897. The summed E-state index contributed by atoms with van der Waals surface area (Å²) in [4.78, 5) is 17.8. The summed E-state index contributed by atoms with van der Waals surface area (Å²) in [6.07, 6.45) is 3.39. The topological polar surface area (TPSA) is 95.9 Å². The van der Waals surface area contributed by atoms with Gasteiger partial charge < -0.3 is 0 Å². The van der Waals surface area contributed by atoms with E-state index in [0.717, 1.165) is 11.3 Å². The smallest absolute Gasteiger partial charge is 0.274 e. The Morgan fingerprint density at radius 1 is 1.44 bits per heavy atom. The van der Waals surface area contributed by atoms with Crippen molar-refractivity contribution in [1.82, 2.24) is 20.2 Å². The Kier molecular flexibility index (Phi) is 3.42. The highest BCUT2D eigenvalue weighted by molar-refractivity contribution is 5.98. The molecule has 0 spiro atoms. The van der Waals surface area contributed by atoms with Crippen LogP contribution >= 0.6 is 0 Å². The maximum atomic E-state index is 11.3. The van der Waals surface area contributed by atoms with Crippen LogP contribution in [0.3, 0.4) is 0 Å². The lowest BCUT2D eigenvalue weighted by Crippen LogP contribution is -2.16. The number of nitrogens with one attached hydrogen (secondary N) is 2. The quantitative estimate of drug-likeness (QED) is 0.612. The average molecular weight is 244 g/mol. The predicted octanol–water partition coefficient (Wildman–Crippen LogP) is 0.704. The van der Waals surface area contributed by atoms with Gasteiger partial charge >= 0.3 is 0 Å². The van der Waals surface area contributed by atoms with Gasteiger partial charge in [-0.3, -0.25) is 14.8 Å². The normalized spacial score (nSPS) is 11.3. The van der Waals surface area contributed by atoms with Crippen molar-refractivity contribution in [3.63, 3.8) is 0 Å². The molecule has 18 heavy (non-hydrogen) atoms. The number of H-pyrrole nitrogens is 1. The lowest BCUT2D eigenvalue weighted by atomic mass is 10.2. The lowest BCUT2D eigenvalue weighted by Gasteiger charge is -2.01. The van der Waals surface area contributed by atoms with Crippen LogP contribution in [0.4, 0.5) is 5.95 Å². The van der Waals surface area contributed by atoms with Crippen LogP contribution in [0.1, 0.15) is 18.2 Å². The maximum absolute atomic E-state index is 11.3. The molecule has 7 heteroatoms. The minimum atomic E-state index is -0.290. The third kappa shape index (κ3) is 2.76. The van der Waals surface area contributed by atoms with Crippen LogP contribution in [-0.4, -0.2) is 25.9 Å². The fourth-order valence-electron chi connectivity index (χ4n) is 1.22. The number of hydrazone groups is 1. The van der Waals surface area contributed by atoms with E-state index in [2.05, 4.69) is 30.7 Å². The van der Waals surface area contributed by atoms with Crippen LogP contribution < -0.4 is 11.0 Å². The second-order valence-corrected chi connectivity index (χ2v) is 3.64. The Labute approximate surface area is 103 Å². The Morgan fingerprint density at radius 3 is 2.94 bits per heavy atom. The molecule has 0 atom stereocenters. The van der Waals surface area contributed by atoms with Crippen LogP contribution in [0.15, 0.2) is 34.4 Å². The van der Waals surface area contributed by atoms with Gasteiger partial charge in [-0.2, -0.15) is 5.10 Å². The zero-order valence-electron chi connectivity index (χ0n) is 10.0. The van der Waals surface area contributed by atoms with Gasteiger partial charge in [0.1, 0.15) is 5.69 Å². The number of aromatic nitrogens is 4. The highest BCUT2D eigenvalue weighted by atomic mass is 16.1. The largest absolute Gasteiger partial charge is 0.288 e. The summed E-state index contributed by atoms with van der Waals surface area (Å²) in [5, 5.41) is 11.5. The van der Waals surface area contributed by atoms with Gasteiger partial charge in [-0.1, -0.05) is 6.07 Å². The molecule has 2 aromatic heterocycles. The van der Waals surface area contributed by atoms with Crippen LogP contribution in [-0.2, 0) is 0 Å². The molecule has 0 aromatic carbocycles. The summed E-state index contributed by atoms with van der Waals surface area (Å²) in [5.74, 6) is 0.203. The fourth-order valence-corrected chi connectivity index (χ4v) is 1.22. The molecule has 2 heterocycles. The fraction of sp³-hybridized carbons (Fsp3) is 0.182. The number of hydrogen-bond donors (Lipinski definition) is 2.